The van der Waals surface area contributed by atoms with Gasteiger partial charge in [0.1, 0.15) is 0 Å². The predicted molar refractivity (Wildman–Crippen MR) is 94.3 cm³/mol. The first-order valence-electron chi connectivity index (χ1n) is 7.95. The molecule has 3 aromatic rings. The number of aromatic nitrogens is 2. The summed E-state index contributed by atoms with van der Waals surface area (Å²) >= 11 is 5.96. The van der Waals surface area contributed by atoms with Gasteiger partial charge in [0.25, 0.3) is 0 Å². The second kappa shape index (κ2) is 7.05. The Hall–Kier alpha value is -3.06. The SMILES string of the molecule is O=C(CCc1nc(-c2cccc(Cl)c2)no1)Nc1ccc2c(c1)OCO2. The molecule has 8 heteroatoms. The molecule has 4 rings (SSSR count). The Kier molecular flexibility index (Phi) is 4.45. The summed E-state index contributed by atoms with van der Waals surface area (Å²) in [5.74, 6) is 1.96. The highest BCUT2D eigenvalue weighted by Crippen LogP contribution is 2.34. The van der Waals surface area contributed by atoms with Crippen LogP contribution in [0.2, 0.25) is 5.02 Å². The van der Waals surface area contributed by atoms with Crippen LogP contribution in [0.1, 0.15) is 12.3 Å². The van der Waals surface area contributed by atoms with E-state index >= 15 is 0 Å². The Morgan fingerprint density at radius 1 is 1.15 bits per heavy atom. The molecule has 0 atom stereocenters. The summed E-state index contributed by atoms with van der Waals surface area (Å²) in [4.78, 5) is 16.4. The summed E-state index contributed by atoms with van der Waals surface area (Å²) in [5.41, 5.74) is 1.40. The third-order valence-electron chi connectivity index (χ3n) is 3.77. The number of nitrogens with one attached hydrogen (secondary N) is 1. The smallest absolute Gasteiger partial charge is 0.231 e. The minimum atomic E-state index is -0.161. The van der Waals surface area contributed by atoms with E-state index in [-0.39, 0.29) is 19.1 Å². The van der Waals surface area contributed by atoms with Crippen molar-refractivity contribution in [3.8, 4) is 22.9 Å². The van der Waals surface area contributed by atoms with Gasteiger partial charge in [-0.3, -0.25) is 4.79 Å². The number of anilines is 1. The molecule has 1 N–H and O–H groups in total. The lowest BCUT2D eigenvalue weighted by Gasteiger charge is -2.05. The van der Waals surface area contributed by atoms with E-state index in [0.29, 0.717) is 40.3 Å². The number of halogens is 1. The Balaban J connectivity index is 1.35. The lowest BCUT2D eigenvalue weighted by atomic mass is 10.2. The normalized spacial score (nSPS) is 12.2. The van der Waals surface area contributed by atoms with Crippen LogP contribution in [0.15, 0.2) is 47.0 Å². The van der Waals surface area contributed by atoms with Crippen molar-refractivity contribution < 1.29 is 18.8 Å². The van der Waals surface area contributed by atoms with Crippen LogP contribution in [0.5, 0.6) is 11.5 Å². The second-order valence-electron chi connectivity index (χ2n) is 5.64. The zero-order chi connectivity index (χ0) is 17.9. The summed E-state index contributed by atoms with van der Waals surface area (Å²) in [7, 11) is 0. The molecular formula is C18H14ClN3O4. The summed E-state index contributed by atoms with van der Waals surface area (Å²) in [6.45, 7) is 0.193. The Bertz CT molecular complexity index is 957. The van der Waals surface area contributed by atoms with Gasteiger partial charge < -0.3 is 19.3 Å². The van der Waals surface area contributed by atoms with E-state index < -0.39 is 0 Å². The fraction of sp³-hybridized carbons (Fsp3) is 0.167. The molecule has 0 aliphatic carbocycles. The van der Waals surface area contributed by atoms with Gasteiger partial charge in [0.2, 0.25) is 24.4 Å². The molecule has 0 radical (unpaired) electrons. The molecule has 0 spiro atoms. The van der Waals surface area contributed by atoms with Crippen molar-refractivity contribution >= 4 is 23.2 Å². The zero-order valence-corrected chi connectivity index (χ0v) is 14.3. The van der Waals surface area contributed by atoms with Crippen LogP contribution >= 0.6 is 11.6 Å². The van der Waals surface area contributed by atoms with E-state index in [1.165, 1.54) is 0 Å². The van der Waals surface area contributed by atoms with Gasteiger partial charge in [-0.25, -0.2) is 0 Å². The minimum absolute atomic E-state index is 0.161. The number of aryl methyl sites for hydroxylation is 1. The number of nitrogens with zero attached hydrogens (tertiary/aromatic N) is 2. The van der Waals surface area contributed by atoms with Crippen LogP contribution in [0.25, 0.3) is 11.4 Å². The largest absolute Gasteiger partial charge is 0.454 e. The van der Waals surface area contributed by atoms with Gasteiger partial charge in [0.05, 0.1) is 0 Å². The number of rotatable bonds is 5. The van der Waals surface area contributed by atoms with Gasteiger partial charge >= 0.3 is 0 Å². The molecule has 0 saturated carbocycles. The van der Waals surface area contributed by atoms with Gasteiger partial charge in [-0.15, -0.1) is 0 Å². The van der Waals surface area contributed by atoms with Gasteiger partial charge in [-0.05, 0) is 24.3 Å². The fourth-order valence-electron chi connectivity index (χ4n) is 2.52. The van der Waals surface area contributed by atoms with E-state index in [0.717, 1.165) is 5.56 Å². The quantitative estimate of drug-likeness (QED) is 0.736. The number of carbonyl (C=O) groups excluding carboxylic acids is 1. The maximum atomic E-state index is 12.1. The van der Waals surface area contributed by atoms with E-state index in [2.05, 4.69) is 15.5 Å². The van der Waals surface area contributed by atoms with Crippen molar-refractivity contribution in [2.24, 2.45) is 0 Å². The van der Waals surface area contributed by atoms with Gasteiger partial charge in [-0.2, -0.15) is 4.98 Å². The summed E-state index contributed by atoms with van der Waals surface area (Å²) < 4.78 is 15.7. The van der Waals surface area contributed by atoms with E-state index in [9.17, 15) is 4.79 Å². The van der Waals surface area contributed by atoms with Crippen LogP contribution in [-0.4, -0.2) is 22.8 Å². The summed E-state index contributed by atoms with van der Waals surface area (Å²) in [6.07, 6.45) is 0.551. The van der Waals surface area contributed by atoms with Crippen molar-refractivity contribution in [3.05, 3.63) is 53.4 Å². The molecule has 2 aromatic carbocycles. The van der Waals surface area contributed by atoms with Crippen LogP contribution < -0.4 is 14.8 Å². The zero-order valence-electron chi connectivity index (χ0n) is 13.6. The third kappa shape index (κ3) is 3.62. The Morgan fingerprint density at radius 2 is 2.04 bits per heavy atom. The Labute approximate surface area is 153 Å². The van der Waals surface area contributed by atoms with Crippen LogP contribution in [0, 0.1) is 0 Å². The van der Waals surface area contributed by atoms with Crippen molar-refractivity contribution in [1.29, 1.82) is 0 Å². The molecule has 1 amide bonds. The molecule has 7 nitrogen and oxygen atoms in total. The predicted octanol–water partition coefficient (Wildman–Crippen LogP) is 3.69. The molecule has 0 fully saturated rings. The third-order valence-corrected chi connectivity index (χ3v) is 4.01. The second-order valence-corrected chi connectivity index (χ2v) is 6.07. The first kappa shape index (κ1) is 16.4. The lowest BCUT2D eigenvalue weighted by Crippen LogP contribution is -2.12. The topological polar surface area (TPSA) is 86.5 Å². The molecular weight excluding hydrogens is 358 g/mol. The molecule has 1 aliphatic heterocycles. The first-order chi connectivity index (χ1) is 12.7. The number of carbonyl (C=O) groups is 1. The van der Waals surface area contributed by atoms with Crippen LogP contribution in [-0.2, 0) is 11.2 Å². The summed E-state index contributed by atoms with van der Waals surface area (Å²) in [6, 6.07) is 12.4. The van der Waals surface area contributed by atoms with Crippen molar-refractivity contribution in [2.75, 3.05) is 12.1 Å². The van der Waals surface area contributed by atoms with Crippen LogP contribution in [0.4, 0.5) is 5.69 Å². The molecule has 26 heavy (non-hydrogen) atoms. The molecule has 132 valence electrons. The number of hydrogen-bond donors (Lipinski definition) is 1. The van der Waals surface area contributed by atoms with Crippen molar-refractivity contribution in [3.63, 3.8) is 0 Å². The minimum Gasteiger partial charge on any atom is -0.454 e. The van der Waals surface area contributed by atoms with E-state index in [1.54, 1.807) is 30.3 Å². The van der Waals surface area contributed by atoms with E-state index in [4.69, 9.17) is 25.6 Å². The van der Waals surface area contributed by atoms with Gasteiger partial charge in [0.15, 0.2) is 11.5 Å². The Morgan fingerprint density at radius 3 is 2.92 bits per heavy atom. The maximum Gasteiger partial charge on any atom is 0.231 e. The average molecular weight is 372 g/mol. The highest BCUT2D eigenvalue weighted by atomic mass is 35.5. The fourth-order valence-corrected chi connectivity index (χ4v) is 2.71. The maximum absolute atomic E-state index is 12.1. The first-order valence-corrected chi connectivity index (χ1v) is 8.33. The number of ether oxygens (including phenoxy) is 2. The van der Waals surface area contributed by atoms with E-state index in [1.807, 2.05) is 12.1 Å². The summed E-state index contributed by atoms with van der Waals surface area (Å²) in [5, 5.41) is 7.32. The van der Waals surface area contributed by atoms with Crippen molar-refractivity contribution in [2.45, 2.75) is 12.8 Å². The molecule has 0 bridgehead atoms. The van der Waals surface area contributed by atoms with Gasteiger partial charge in [0, 0.05) is 35.2 Å². The van der Waals surface area contributed by atoms with Crippen molar-refractivity contribution in [1.82, 2.24) is 10.1 Å². The molecule has 1 aromatic heterocycles. The molecule has 2 heterocycles. The highest BCUT2D eigenvalue weighted by Gasteiger charge is 2.15. The standard InChI is InChI=1S/C18H14ClN3O4/c19-12-3-1-2-11(8-12)18-21-17(26-22-18)7-6-16(23)20-13-4-5-14-15(9-13)25-10-24-14/h1-5,8-9H,6-7,10H2,(H,20,23). The lowest BCUT2D eigenvalue weighted by molar-refractivity contribution is -0.116. The van der Waals surface area contributed by atoms with Crippen LogP contribution in [0.3, 0.4) is 0 Å². The highest BCUT2D eigenvalue weighted by molar-refractivity contribution is 6.30. The molecule has 0 saturated heterocycles. The molecule has 0 unspecified atom stereocenters. The van der Waals surface area contributed by atoms with Gasteiger partial charge in [-0.1, -0.05) is 28.9 Å². The number of amides is 1. The number of hydrogen-bond acceptors (Lipinski definition) is 6. The number of benzene rings is 2. The molecule has 1 aliphatic rings. The number of fused-ring (bicyclic) bond motifs is 1. The average Bonchev–Trinajstić information content (AvgIpc) is 3.29. The monoisotopic (exact) mass is 371 g/mol.